The molecule has 0 aromatic carbocycles. The van der Waals surface area contributed by atoms with Crippen LogP contribution in [0.25, 0.3) is 0 Å². The van der Waals surface area contributed by atoms with Crippen molar-refractivity contribution in [1.82, 2.24) is 0 Å². The number of quaternary nitrogens is 1. The van der Waals surface area contributed by atoms with E-state index in [2.05, 4.69) is 32.6 Å². The molecule has 0 atom stereocenters. The standard InChI is InChI=1S/C9H22O3Si.C5H13NO2P/c1-5-9-13(10-6-2,11-7-3)12-8-4;1-6(2,3)4-5-8-9-7/h5-9H2,1-4H3;4-5H2,1-3H3/q;+1. The SMILES string of the molecule is CCC[Si](OCC)(OCC)OCC.C[N+](C)(C)CCOP=O. The Hall–Kier alpha value is 0.117. The van der Waals surface area contributed by atoms with Gasteiger partial charge in [-0.05, 0) is 20.8 Å². The van der Waals surface area contributed by atoms with Gasteiger partial charge in [0.15, 0.2) is 0 Å². The van der Waals surface area contributed by atoms with Crippen molar-refractivity contribution < 1.29 is 26.8 Å². The second kappa shape index (κ2) is 14.7. The molecule has 0 saturated heterocycles. The lowest BCUT2D eigenvalue weighted by Gasteiger charge is -2.27. The van der Waals surface area contributed by atoms with Gasteiger partial charge in [-0.15, -0.1) is 0 Å². The molecular formula is C14H35NO5PSi+. The van der Waals surface area contributed by atoms with E-state index in [0.29, 0.717) is 26.4 Å². The molecule has 0 radical (unpaired) electrons. The first-order valence-corrected chi connectivity index (χ1v) is 10.6. The average Bonchev–Trinajstić information content (AvgIpc) is 2.39. The first-order valence-electron chi connectivity index (χ1n) is 7.97. The summed E-state index contributed by atoms with van der Waals surface area (Å²) in [6.07, 6.45) is 1.05. The number of likely N-dealkylation sites (N-methyl/N-ethyl adjacent to an activating group) is 1. The van der Waals surface area contributed by atoms with E-state index in [9.17, 15) is 4.57 Å². The van der Waals surface area contributed by atoms with Crippen molar-refractivity contribution in [2.24, 2.45) is 0 Å². The topological polar surface area (TPSA) is 54.0 Å². The van der Waals surface area contributed by atoms with Crippen LogP contribution in [0.4, 0.5) is 0 Å². The Kier molecular flexibility index (Phi) is 16.3. The summed E-state index contributed by atoms with van der Waals surface area (Å²) in [5.74, 6) is 0. The van der Waals surface area contributed by atoms with E-state index in [4.69, 9.17) is 13.3 Å². The van der Waals surface area contributed by atoms with Crippen LogP contribution in [-0.4, -0.2) is 67.4 Å². The zero-order valence-electron chi connectivity index (χ0n) is 15.4. The van der Waals surface area contributed by atoms with Crippen LogP contribution in [0.15, 0.2) is 0 Å². The van der Waals surface area contributed by atoms with Crippen LogP contribution >= 0.6 is 8.69 Å². The first-order chi connectivity index (χ1) is 10.3. The molecule has 0 aliphatic heterocycles. The van der Waals surface area contributed by atoms with Crippen molar-refractivity contribution in [1.29, 1.82) is 0 Å². The van der Waals surface area contributed by atoms with Crippen molar-refractivity contribution in [3.63, 3.8) is 0 Å². The Morgan fingerprint density at radius 1 is 0.909 bits per heavy atom. The molecule has 0 N–H and O–H groups in total. The van der Waals surface area contributed by atoms with Crippen molar-refractivity contribution in [3.8, 4) is 0 Å². The summed E-state index contributed by atoms with van der Waals surface area (Å²) in [4.78, 5) is 0. The largest absolute Gasteiger partial charge is 0.500 e. The van der Waals surface area contributed by atoms with Gasteiger partial charge in [-0.2, -0.15) is 0 Å². The van der Waals surface area contributed by atoms with Gasteiger partial charge in [0.25, 0.3) is 0 Å². The first kappa shape index (κ1) is 24.4. The van der Waals surface area contributed by atoms with Crippen molar-refractivity contribution in [2.75, 3.05) is 54.1 Å². The minimum atomic E-state index is -2.30. The molecule has 0 aliphatic rings. The highest BCUT2D eigenvalue weighted by Crippen LogP contribution is 2.17. The fourth-order valence-electron chi connectivity index (χ4n) is 1.66. The van der Waals surface area contributed by atoms with E-state index in [-0.39, 0.29) is 8.69 Å². The highest BCUT2D eigenvalue weighted by Gasteiger charge is 2.38. The number of hydrogen-bond acceptors (Lipinski definition) is 5. The normalized spacial score (nSPS) is 12.1. The van der Waals surface area contributed by atoms with Gasteiger partial charge in [-0.25, -0.2) is 4.57 Å². The fraction of sp³-hybridized carbons (Fsp3) is 1.00. The lowest BCUT2D eigenvalue weighted by molar-refractivity contribution is -0.870. The molecule has 22 heavy (non-hydrogen) atoms. The molecule has 0 aliphatic carbocycles. The van der Waals surface area contributed by atoms with Crippen LogP contribution in [0.5, 0.6) is 0 Å². The fourth-order valence-corrected chi connectivity index (χ4v) is 4.43. The second-order valence-electron chi connectivity index (χ2n) is 5.65. The molecule has 0 unspecified atom stereocenters. The molecule has 6 nitrogen and oxygen atoms in total. The van der Waals surface area contributed by atoms with Crippen molar-refractivity contribution in [3.05, 3.63) is 0 Å². The van der Waals surface area contributed by atoms with E-state index in [1.165, 1.54) is 0 Å². The quantitative estimate of drug-likeness (QED) is 0.232. The van der Waals surface area contributed by atoms with E-state index >= 15 is 0 Å². The molecular weight excluding hydrogens is 321 g/mol. The number of rotatable bonds is 12. The van der Waals surface area contributed by atoms with Gasteiger partial charge in [0.2, 0.25) is 0 Å². The maximum Gasteiger partial charge on any atom is 0.500 e. The van der Waals surface area contributed by atoms with E-state index in [0.717, 1.165) is 23.5 Å². The van der Waals surface area contributed by atoms with Gasteiger partial charge in [0, 0.05) is 25.9 Å². The molecule has 8 heteroatoms. The van der Waals surface area contributed by atoms with Crippen molar-refractivity contribution in [2.45, 2.75) is 40.2 Å². The van der Waals surface area contributed by atoms with Crippen LogP contribution < -0.4 is 0 Å². The summed E-state index contributed by atoms with van der Waals surface area (Å²) >= 11 is 0. The highest BCUT2D eigenvalue weighted by atomic mass is 31.1. The van der Waals surface area contributed by atoms with E-state index in [1.807, 2.05) is 20.8 Å². The minimum absolute atomic E-state index is 0.217. The predicted molar refractivity (Wildman–Crippen MR) is 92.2 cm³/mol. The Balaban J connectivity index is 0. The van der Waals surface area contributed by atoms with Gasteiger partial charge in [-0.3, -0.25) is 4.52 Å². The van der Waals surface area contributed by atoms with E-state index < -0.39 is 8.80 Å². The summed E-state index contributed by atoms with van der Waals surface area (Å²) in [5, 5.41) is 0. The smallest absolute Gasteiger partial charge is 0.374 e. The molecule has 0 amide bonds. The van der Waals surface area contributed by atoms with Gasteiger partial charge in [-0.1, -0.05) is 13.3 Å². The van der Waals surface area contributed by atoms with Gasteiger partial charge >= 0.3 is 17.5 Å². The molecule has 0 spiro atoms. The monoisotopic (exact) mass is 356 g/mol. The third-order valence-electron chi connectivity index (χ3n) is 2.56. The van der Waals surface area contributed by atoms with Crippen LogP contribution in [0.2, 0.25) is 6.04 Å². The van der Waals surface area contributed by atoms with Gasteiger partial charge in [0.1, 0.15) is 13.2 Å². The molecule has 0 bridgehead atoms. The molecule has 0 saturated carbocycles. The minimum Gasteiger partial charge on any atom is -0.374 e. The van der Waals surface area contributed by atoms with Crippen LogP contribution in [0.3, 0.4) is 0 Å². The predicted octanol–water partition coefficient (Wildman–Crippen LogP) is 3.36. The van der Waals surface area contributed by atoms with Gasteiger partial charge in [0.05, 0.1) is 21.1 Å². The average molecular weight is 356 g/mol. The van der Waals surface area contributed by atoms with E-state index in [1.54, 1.807) is 0 Å². The Morgan fingerprint density at radius 2 is 1.36 bits per heavy atom. The lowest BCUT2D eigenvalue weighted by atomic mass is 10.5. The summed E-state index contributed by atoms with van der Waals surface area (Å²) < 4.78 is 32.1. The maximum atomic E-state index is 9.76. The molecule has 0 aromatic rings. The third kappa shape index (κ3) is 15.0. The zero-order chi connectivity index (χ0) is 17.5. The molecule has 0 aromatic heterocycles. The summed E-state index contributed by atoms with van der Waals surface area (Å²) in [7, 11) is 3.67. The molecule has 134 valence electrons. The zero-order valence-corrected chi connectivity index (χ0v) is 17.3. The summed E-state index contributed by atoms with van der Waals surface area (Å²) in [6, 6.07) is 0.919. The Morgan fingerprint density at radius 3 is 1.64 bits per heavy atom. The second-order valence-corrected chi connectivity index (χ2v) is 8.79. The Bertz CT molecular complexity index is 235. The van der Waals surface area contributed by atoms with Gasteiger partial charge < -0.3 is 17.8 Å². The lowest BCUT2D eigenvalue weighted by Crippen LogP contribution is -2.45. The molecule has 0 rings (SSSR count). The Labute approximate surface area is 139 Å². The maximum absolute atomic E-state index is 9.76. The molecule has 0 fully saturated rings. The molecule has 0 heterocycles. The third-order valence-corrected chi connectivity index (χ3v) is 6.14. The summed E-state index contributed by atoms with van der Waals surface area (Å²) in [6.45, 7) is 11.5. The summed E-state index contributed by atoms with van der Waals surface area (Å²) in [5.41, 5.74) is 0. The number of nitrogens with zero attached hydrogens (tertiary/aromatic N) is 1. The van der Waals surface area contributed by atoms with Crippen molar-refractivity contribution >= 4 is 17.5 Å². The van der Waals surface area contributed by atoms with Crippen LogP contribution in [0, 0.1) is 0 Å². The highest BCUT2D eigenvalue weighted by molar-refractivity contribution is 7.17. The van der Waals surface area contributed by atoms with Crippen LogP contribution in [0.1, 0.15) is 34.1 Å². The number of hydrogen-bond donors (Lipinski definition) is 0. The van der Waals surface area contributed by atoms with Crippen LogP contribution in [-0.2, 0) is 22.4 Å².